The zero-order chi connectivity index (χ0) is 9.97. The van der Waals surface area contributed by atoms with E-state index in [2.05, 4.69) is 0 Å². The van der Waals surface area contributed by atoms with Crippen LogP contribution in [0, 0.1) is 5.92 Å². The highest BCUT2D eigenvalue weighted by Gasteiger charge is 2.29. The molecule has 80 valence electrons. The van der Waals surface area contributed by atoms with E-state index in [1.54, 1.807) is 0 Å². The Kier molecular flexibility index (Phi) is 3.06. The Hall–Kier alpha value is -0.570. The number of likely N-dealkylation sites (N-methyl/N-ethyl adjacent to an activating group) is 1. The van der Waals surface area contributed by atoms with E-state index in [0.717, 1.165) is 26.0 Å². The van der Waals surface area contributed by atoms with Crippen molar-refractivity contribution < 1.29 is 9.53 Å². The molecule has 0 N–H and O–H groups in total. The van der Waals surface area contributed by atoms with E-state index in [9.17, 15) is 4.79 Å². The highest BCUT2D eigenvalue weighted by molar-refractivity contribution is 5.78. The minimum absolute atomic E-state index is 0.299. The van der Waals surface area contributed by atoms with Gasteiger partial charge in [-0.2, -0.15) is 0 Å². The van der Waals surface area contributed by atoms with Crippen LogP contribution >= 0.6 is 0 Å². The van der Waals surface area contributed by atoms with Crippen LogP contribution in [0.5, 0.6) is 0 Å². The Balaban J connectivity index is 1.79. The third-order valence-corrected chi connectivity index (χ3v) is 3.21. The largest absolute Gasteiger partial charge is 0.371 e. The molecule has 1 heterocycles. The van der Waals surface area contributed by atoms with Gasteiger partial charge >= 0.3 is 0 Å². The van der Waals surface area contributed by atoms with E-state index in [1.807, 2.05) is 11.9 Å². The van der Waals surface area contributed by atoms with Crippen LogP contribution in [0.25, 0.3) is 0 Å². The quantitative estimate of drug-likeness (QED) is 0.641. The van der Waals surface area contributed by atoms with Gasteiger partial charge in [0.05, 0.1) is 12.7 Å². The van der Waals surface area contributed by atoms with Crippen molar-refractivity contribution in [2.45, 2.75) is 38.2 Å². The molecule has 0 aromatic rings. The van der Waals surface area contributed by atoms with Gasteiger partial charge < -0.3 is 9.64 Å². The van der Waals surface area contributed by atoms with Crippen LogP contribution in [0.4, 0.5) is 0 Å². The van der Waals surface area contributed by atoms with Gasteiger partial charge in [-0.05, 0) is 12.8 Å². The fraction of sp³-hybridized carbons (Fsp3) is 0.909. The smallest absolute Gasteiger partial charge is 0.225 e. The Morgan fingerprint density at radius 2 is 2.00 bits per heavy atom. The lowest BCUT2D eigenvalue weighted by molar-refractivity contribution is -0.135. The molecule has 1 saturated heterocycles. The van der Waals surface area contributed by atoms with Crippen molar-refractivity contribution >= 4 is 5.91 Å². The second-order valence-electron chi connectivity index (χ2n) is 4.51. The minimum atomic E-state index is 0.299. The minimum Gasteiger partial charge on any atom is -0.371 e. The maximum Gasteiger partial charge on any atom is 0.225 e. The SMILES string of the molecule is CN(CC1CO1)C(=O)C1CCCCC1. The zero-order valence-electron chi connectivity index (χ0n) is 8.87. The van der Waals surface area contributed by atoms with Gasteiger partial charge in [0.2, 0.25) is 5.91 Å². The summed E-state index contributed by atoms with van der Waals surface area (Å²) in [6, 6.07) is 0. The molecule has 2 aliphatic rings. The Morgan fingerprint density at radius 1 is 1.36 bits per heavy atom. The van der Waals surface area contributed by atoms with Crippen LogP contribution in [0.2, 0.25) is 0 Å². The number of carbonyl (C=O) groups excluding carboxylic acids is 1. The van der Waals surface area contributed by atoms with E-state index < -0.39 is 0 Å². The van der Waals surface area contributed by atoms with Crippen LogP contribution in [0.15, 0.2) is 0 Å². The Morgan fingerprint density at radius 3 is 2.57 bits per heavy atom. The number of hydrogen-bond acceptors (Lipinski definition) is 2. The predicted octanol–water partition coefficient (Wildman–Crippen LogP) is 1.42. The molecule has 1 unspecified atom stereocenters. The summed E-state index contributed by atoms with van der Waals surface area (Å²) in [5.74, 6) is 0.632. The number of amides is 1. The van der Waals surface area contributed by atoms with Gasteiger partial charge in [-0.25, -0.2) is 0 Å². The molecular weight excluding hydrogens is 178 g/mol. The van der Waals surface area contributed by atoms with E-state index in [0.29, 0.717) is 17.9 Å². The number of ether oxygens (including phenoxy) is 1. The van der Waals surface area contributed by atoms with Crippen LogP contribution in [0.3, 0.4) is 0 Å². The van der Waals surface area contributed by atoms with Crippen molar-refractivity contribution in [1.29, 1.82) is 0 Å². The molecule has 3 heteroatoms. The van der Waals surface area contributed by atoms with Crippen molar-refractivity contribution in [2.24, 2.45) is 5.92 Å². The third kappa shape index (κ3) is 2.47. The molecule has 1 saturated carbocycles. The normalized spacial score (nSPS) is 27.4. The van der Waals surface area contributed by atoms with Crippen molar-refractivity contribution in [3.05, 3.63) is 0 Å². The molecule has 1 atom stereocenters. The molecule has 0 bridgehead atoms. The number of carbonyl (C=O) groups is 1. The van der Waals surface area contributed by atoms with Gasteiger partial charge in [0.15, 0.2) is 0 Å². The van der Waals surface area contributed by atoms with Crippen LogP contribution in [-0.4, -0.2) is 37.1 Å². The van der Waals surface area contributed by atoms with Crippen molar-refractivity contribution in [1.82, 2.24) is 4.90 Å². The molecule has 0 aromatic carbocycles. The topological polar surface area (TPSA) is 32.8 Å². The first-order chi connectivity index (χ1) is 6.77. The second kappa shape index (κ2) is 4.30. The van der Waals surface area contributed by atoms with Gasteiger partial charge in [0, 0.05) is 19.5 Å². The van der Waals surface area contributed by atoms with Gasteiger partial charge in [-0.1, -0.05) is 19.3 Å². The van der Waals surface area contributed by atoms with Crippen molar-refractivity contribution in [3.8, 4) is 0 Å². The Labute approximate surface area is 85.4 Å². The highest BCUT2D eigenvalue weighted by Crippen LogP contribution is 2.25. The first kappa shape index (κ1) is 9.97. The first-order valence-electron chi connectivity index (χ1n) is 5.64. The van der Waals surface area contributed by atoms with E-state index >= 15 is 0 Å². The molecule has 14 heavy (non-hydrogen) atoms. The fourth-order valence-corrected chi connectivity index (χ4v) is 2.23. The van der Waals surface area contributed by atoms with Crippen LogP contribution in [-0.2, 0) is 9.53 Å². The third-order valence-electron chi connectivity index (χ3n) is 3.21. The number of epoxide rings is 1. The monoisotopic (exact) mass is 197 g/mol. The summed E-state index contributed by atoms with van der Waals surface area (Å²) in [6.07, 6.45) is 6.27. The number of hydrogen-bond donors (Lipinski definition) is 0. The molecule has 3 nitrogen and oxygen atoms in total. The fourth-order valence-electron chi connectivity index (χ4n) is 2.23. The molecule has 0 aromatic heterocycles. The average molecular weight is 197 g/mol. The number of nitrogens with zero attached hydrogens (tertiary/aromatic N) is 1. The molecule has 2 fully saturated rings. The molecule has 1 aliphatic carbocycles. The molecule has 0 spiro atoms. The van der Waals surface area contributed by atoms with E-state index in [1.165, 1.54) is 19.3 Å². The van der Waals surface area contributed by atoms with Crippen molar-refractivity contribution in [2.75, 3.05) is 20.2 Å². The zero-order valence-corrected chi connectivity index (χ0v) is 8.87. The first-order valence-corrected chi connectivity index (χ1v) is 5.64. The highest BCUT2D eigenvalue weighted by atomic mass is 16.6. The molecule has 1 aliphatic heterocycles. The molecule has 0 radical (unpaired) electrons. The van der Waals surface area contributed by atoms with Gasteiger partial charge in [0.25, 0.3) is 0 Å². The summed E-state index contributed by atoms with van der Waals surface area (Å²) >= 11 is 0. The van der Waals surface area contributed by atoms with E-state index in [4.69, 9.17) is 4.74 Å². The van der Waals surface area contributed by atoms with Crippen LogP contribution < -0.4 is 0 Å². The standard InChI is InChI=1S/C11H19NO2/c1-12(7-10-8-14-10)11(13)9-5-3-2-4-6-9/h9-10H,2-8H2,1H3. The van der Waals surface area contributed by atoms with Gasteiger partial charge in [-0.15, -0.1) is 0 Å². The summed E-state index contributed by atoms with van der Waals surface area (Å²) in [7, 11) is 1.90. The van der Waals surface area contributed by atoms with Crippen molar-refractivity contribution in [3.63, 3.8) is 0 Å². The summed E-state index contributed by atoms with van der Waals surface area (Å²) in [4.78, 5) is 13.8. The lowest BCUT2D eigenvalue weighted by Gasteiger charge is -2.25. The Bertz CT molecular complexity index is 207. The lowest BCUT2D eigenvalue weighted by Crippen LogP contribution is -2.36. The predicted molar refractivity (Wildman–Crippen MR) is 54.0 cm³/mol. The summed E-state index contributed by atoms with van der Waals surface area (Å²) < 4.78 is 5.12. The average Bonchev–Trinajstić information content (AvgIpc) is 3.02. The van der Waals surface area contributed by atoms with Gasteiger partial charge in [-0.3, -0.25) is 4.79 Å². The molecule has 1 amide bonds. The van der Waals surface area contributed by atoms with Crippen LogP contribution in [0.1, 0.15) is 32.1 Å². The molecule has 2 rings (SSSR count). The van der Waals surface area contributed by atoms with E-state index in [-0.39, 0.29) is 0 Å². The summed E-state index contributed by atoms with van der Waals surface area (Å²) in [6.45, 7) is 1.62. The van der Waals surface area contributed by atoms with Gasteiger partial charge in [0.1, 0.15) is 0 Å². The maximum absolute atomic E-state index is 11.9. The molecular formula is C11H19NO2. The number of rotatable bonds is 3. The summed E-state index contributed by atoms with van der Waals surface area (Å²) in [5.41, 5.74) is 0. The summed E-state index contributed by atoms with van der Waals surface area (Å²) in [5, 5.41) is 0. The second-order valence-corrected chi connectivity index (χ2v) is 4.51. The maximum atomic E-state index is 11.9. The lowest BCUT2D eigenvalue weighted by atomic mass is 9.88.